The first-order valence-electron chi connectivity index (χ1n) is 2.20. The number of hydrogen-bond acceptors (Lipinski definition) is 3. The molecule has 0 heterocycles. The van der Waals surface area contributed by atoms with Crippen LogP contribution in [0.1, 0.15) is 6.42 Å². The van der Waals surface area contributed by atoms with Crippen molar-refractivity contribution >= 4 is 12.0 Å². The van der Waals surface area contributed by atoms with Crippen LogP contribution in [0.3, 0.4) is 0 Å². The third-order valence-corrected chi connectivity index (χ3v) is 1.10. The molecule has 0 unspecified atom stereocenters. The molecule has 0 amide bonds. The predicted octanol–water partition coefficient (Wildman–Crippen LogP) is 1.71. The van der Waals surface area contributed by atoms with E-state index in [9.17, 15) is 0 Å². The number of nitrogens with zero attached hydrogens (tertiary/aromatic N) is 1. The lowest BCUT2D eigenvalue weighted by atomic mass is 10.5. The summed E-state index contributed by atoms with van der Waals surface area (Å²) in [6.45, 7) is 3.51. The molecule has 3 heteroatoms. The molecule has 0 radical (unpaired) electrons. The minimum atomic E-state index is 0.803. The summed E-state index contributed by atoms with van der Waals surface area (Å²) in [6.07, 6.45) is 4.22. The van der Waals surface area contributed by atoms with Crippen LogP contribution in [0.15, 0.2) is 12.7 Å². The van der Waals surface area contributed by atoms with Crippen molar-refractivity contribution in [1.82, 2.24) is 0 Å². The van der Waals surface area contributed by atoms with Gasteiger partial charge in [-0.2, -0.15) is 0 Å². The summed E-state index contributed by atoms with van der Waals surface area (Å²) in [5.41, 5.74) is 0. The van der Waals surface area contributed by atoms with Crippen molar-refractivity contribution in [3.05, 3.63) is 12.7 Å². The van der Waals surface area contributed by atoms with Gasteiger partial charge in [-0.25, -0.2) is 0 Å². The van der Waals surface area contributed by atoms with Gasteiger partial charge in [0.1, 0.15) is 0 Å². The molecule has 0 bridgehead atoms. The summed E-state index contributed by atoms with van der Waals surface area (Å²) in [7, 11) is 0. The Labute approximate surface area is 53.3 Å². The van der Waals surface area contributed by atoms with Crippen molar-refractivity contribution in [1.29, 1.82) is 5.26 Å². The van der Waals surface area contributed by atoms with Gasteiger partial charge in [0.05, 0.1) is 12.0 Å². The molecule has 44 valence electrons. The van der Waals surface area contributed by atoms with Crippen LogP contribution in [0, 0.1) is 11.5 Å². The van der Waals surface area contributed by atoms with Gasteiger partial charge in [-0.05, 0) is 6.42 Å². The van der Waals surface area contributed by atoms with Crippen molar-refractivity contribution in [2.24, 2.45) is 0 Å². The monoisotopic (exact) mass is 129 g/mol. The second-order valence-corrected chi connectivity index (χ2v) is 1.88. The zero-order valence-corrected chi connectivity index (χ0v) is 5.28. The average molecular weight is 129 g/mol. The smallest absolute Gasteiger partial charge is 0.299 e. The molecular weight excluding hydrogens is 122 g/mol. The molecule has 0 rings (SSSR count). The first kappa shape index (κ1) is 7.38. The predicted molar refractivity (Wildman–Crippen MR) is 34.0 cm³/mol. The molecule has 0 aliphatic heterocycles. The first-order chi connectivity index (χ1) is 3.91. The van der Waals surface area contributed by atoms with Gasteiger partial charge in [0.15, 0.2) is 0 Å². The fraction of sp³-hybridized carbons (Fsp3) is 0.400. The highest BCUT2D eigenvalue weighted by Gasteiger charge is 1.82. The van der Waals surface area contributed by atoms with Crippen molar-refractivity contribution < 1.29 is 4.18 Å². The molecule has 2 nitrogen and oxygen atoms in total. The lowest BCUT2D eigenvalue weighted by molar-refractivity contribution is 0.594. The SMILES string of the molecule is C=CCCSOC#N. The van der Waals surface area contributed by atoms with Crippen LogP contribution in [-0.4, -0.2) is 5.75 Å². The van der Waals surface area contributed by atoms with E-state index in [4.69, 9.17) is 5.26 Å². The van der Waals surface area contributed by atoms with Gasteiger partial charge in [-0.1, -0.05) is 6.08 Å². The van der Waals surface area contributed by atoms with E-state index in [2.05, 4.69) is 10.8 Å². The molecule has 0 aliphatic rings. The van der Waals surface area contributed by atoms with Gasteiger partial charge in [0, 0.05) is 5.75 Å². The van der Waals surface area contributed by atoms with Crippen molar-refractivity contribution in [2.75, 3.05) is 5.75 Å². The van der Waals surface area contributed by atoms with Crippen LogP contribution in [-0.2, 0) is 4.18 Å². The standard InChI is InChI=1S/C5H7NOS/c1-2-3-4-8-7-5-6/h2H,1,3-4H2. The van der Waals surface area contributed by atoms with Gasteiger partial charge in [0.25, 0.3) is 6.26 Å². The highest BCUT2D eigenvalue weighted by Crippen LogP contribution is 2.01. The first-order valence-corrected chi connectivity index (χ1v) is 3.11. The van der Waals surface area contributed by atoms with Gasteiger partial charge >= 0.3 is 0 Å². The van der Waals surface area contributed by atoms with E-state index in [1.807, 2.05) is 0 Å². The number of hydrogen-bond donors (Lipinski definition) is 0. The zero-order chi connectivity index (χ0) is 6.24. The second kappa shape index (κ2) is 6.38. The van der Waals surface area contributed by atoms with E-state index in [1.54, 1.807) is 12.3 Å². The van der Waals surface area contributed by atoms with E-state index in [-0.39, 0.29) is 0 Å². The lowest BCUT2D eigenvalue weighted by Crippen LogP contribution is -1.73. The molecule has 0 aromatic carbocycles. The Morgan fingerprint density at radius 2 is 2.62 bits per heavy atom. The van der Waals surface area contributed by atoms with Gasteiger partial charge in [0.2, 0.25) is 0 Å². The maximum atomic E-state index is 7.85. The zero-order valence-electron chi connectivity index (χ0n) is 4.46. The third-order valence-electron chi connectivity index (χ3n) is 0.502. The Morgan fingerprint density at radius 3 is 3.12 bits per heavy atom. The largest absolute Gasteiger partial charge is 0.352 e. The molecule has 0 aromatic rings. The van der Waals surface area contributed by atoms with Crippen LogP contribution in [0.5, 0.6) is 0 Å². The summed E-state index contributed by atoms with van der Waals surface area (Å²) in [5.74, 6) is 0.803. The van der Waals surface area contributed by atoms with E-state index in [0.717, 1.165) is 24.2 Å². The highest BCUT2D eigenvalue weighted by atomic mass is 32.2. The average Bonchev–Trinajstić information content (AvgIpc) is 1.81. The Bertz CT molecular complexity index is 97.1. The van der Waals surface area contributed by atoms with Crippen LogP contribution < -0.4 is 0 Å². The fourth-order valence-electron chi connectivity index (χ4n) is 0.199. The normalized spacial score (nSPS) is 7.38. The Hall–Kier alpha value is -0.620. The van der Waals surface area contributed by atoms with E-state index in [0.29, 0.717) is 0 Å². The summed E-state index contributed by atoms with van der Waals surface area (Å²) in [5, 5.41) is 7.85. The lowest BCUT2D eigenvalue weighted by Gasteiger charge is -1.87. The van der Waals surface area contributed by atoms with E-state index < -0.39 is 0 Å². The Balaban J connectivity index is 2.74. The molecule has 0 N–H and O–H groups in total. The van der Waals surface area contributed by atoms with Crippen LogP contribution in [0.25, 0.3) is 0 Å². The Morgan fingerprint density at radius 1 is 1.88 bits per heavy atom. The van der Waals surface area contributed by atoms with E-state index >= 15 is 0 Å². The molecule has 0 spiro atoms. The summed E-state index contributed by atoms with van der Waals surface area (Å²) >= 11 is 1.15. The minimum absolute atomic E-state index is 0.803. The molecular formula is C5H7NOS. The topological polar surface area (TPSA) is 33.0 Å². The molecule has 8 heavy (non-hydrogen) atoms. The van der Waals surface area contributed by atoms with Crippen molar-refractivity contribution in [3.8, 4) is 6.26 Å². The van der Waals surface area contributed by atoms with Crippen molar-refractivity contribution in [2.45, 2.75) is 6.42 Å². The Kier molecular flexibility index (Phi) is 5.89. The second-order valence-electron chi connectivity index (χ2n) is 1.07. The molecule has 0 saturated carbocycles. The quantitative estimate of drug-likeness (QED) is 0.251. The molecule has 0 aliphatic carbocycles. The van der Waals surface area contributed by atoms with Gasteiger partial charge in [-0.15, -0.1) is 11.8 Å². The maximum Gasteiger partial charge on any atom is 0.299 e. The summed E-state index contributed by atoms with van der Waals surface area (Å²) in [4.78, 5) is 0. The molecule has 0 fully saturated rings. The van der Waals surface area contributed by atoms with E-state index in [1.165, 1.54) is 0 Å². The minimum Gasteiger partial charge on any atom is -0.352 e. The van der Waals surface area contributed by atoms with Crippen LogP contribution >= 0.6 is 12.0 Å². The third kappa shape index (κ3) is 5.38. The number of nitriles is 1. The van der Waals surface area contributed by atoms with Gasteiger partial charge in [-0.3, -0.25) is 0 Å². The highest BCUT2D eigenvalue weighted by molar-refractivity contribution is 7.94. The molecule has 0 aromatic heterocycles. The maximum absolute atomic E-state index is 7.85. The number of rotatable bonds is 4. The summed E-state index contributed by atoms with van der Waals surface area (Å²) in [6, 6.07) is 0. The molecule has 0 saturated heterocycles. The van der Waals surface area contributed by atoms with Crippen molar-refractivity contribution in [3.63, 3.8) is 0 Å². The van der Waals surface area contributed by atoms with Crippen LogP contribution in [0.2, 0.25) is 0 Å². The fourth-order valence-corrected chi connectivity index (χ4v) is 0.598. The van der Waals surface area contributed by atoms with Crippen LogP contribution in [0.4, 0.5) is 0 Å². The van der Waals surface area contributed by atoms with Gasteiger partial charge < -0.3 is 4.18 Å². The number of allylic oxidation sites excluding steroid dienone is 1. The molecule has 0 atom stereocenters. The summed E-state index contributed by atoms with van der Waals surface area (Å²) < 4.78 is 4.31.